The highest BCUT2D eigenvalue weighted by Gasteiger charge is 2.44. The van der Waals surface area contributed by atoms with E-state index in [0.29, 0.717) is 5.75 Å². The topological polar surface area (TPSA) is 41.9 Å². The number of rotatable bonds is 5. The smallest absolute Gasteiger partial charge is 0.281 e. The molecule has 1 amide bonds. The second kappa shape index (κ2) is 8.77. The van der Waals surface area contributed by atoms with Gasteiger partial charge in [-0.05, 0) is 65.9 Å². The minimum Gasteiger partial charge on any atom is -0.484 e. The van der Waals surface area contributed by atoms with Crippen molar-refractivity contribution in [3.63, 3.8) is 0 Å². The molecule has 7 heteroatoms. The summed E-state index contributed by atoms with van der Waals surface area (Å²) in [5.41, 5.74) is 2.22. The maximum atomic E-state index is 13.4. The molecule has 1 aliphatic carbocycles. The molecule has 2 aromatic heterocycles. The number of hydrogen-bond acceptors (Lipinski definition) is 5. The van der Waals surface area contributed by atoms with E-state index in [-0.39, 0.29) is 24.5 Å². The summed E-state index contributed by atoms with van der Waals surface area (Å²) in [6, 6.07) is 13.9. The molecular weight excluding hydrogens is 431 g/mol. The Hall–Kier alpha value is -2.77. The molecule has 1 aliphatic heterocycles. The van der Waals surface area contributed by atoms with Crippen LogP contribution in [0.1, 0.15) is 35.1 Å². The Labute approximate surface area is 188 Å². The summed E-state index contributed by atoms with van der Waals surface area (Å²) in [6.07, 6.45) is 5.24. The van der Waals surface area contributed by atoms with Crippen LogP contribution in [0, 0.1) is 11.7 Å². The molecular formula is C24H21FN2O2S2. The third kappa shape index (κ3) is 4.20. The number of ether oxygens (including phenoxy) is 1. The highest BCUT2D eigenvalue weighted by Crippen LogP contribution is 2.45. The molecule has 1 saturated carbocycles. The van der Waals surface area contributed by atoms with Crippen LogP contribution in [-0.4, -0.2) is 23.2 Å². The molecule has 1 fully saturated rings. The Morgan fingerprint density at radius 1 is 1.19 bits per heavy atom. The molecule has 0 saturated heterocycles. The van der Waals surface area contributed by atoms with Crippen molar-refractivity contribution in [3.05, 3.63) is 80.4 Å². The Kier molecular flexibility index (Phi) is 5.70. The van der Waals surface area contributed by atoms with E-state index in [2.05, 4.69) is 23.6 Å². The zero-order valence-electron chi connectivity index (χ0n) is 16.7. The first-order chi connectivity index (χ1) is 15.2. The molecule has 3 heterocycles. The number of thiophene rings is 2. The van der Waals surface area contributed by atoms with Crippen molar-refractivity contribution in [2.75, 3.05) is 6.61 Å². The minimum atomic E-state index is -0.391. The van der Waals surface area contributed by atoms with Crippen molar-refractivity contribution in [2.24, 2.45) is 11.0 Å². The predicted octanol–water partition coefficient (Wildman–Crippen LogP) is 6.15. The van der Waals surface area contributed by atoms with Crippen LogP contribution in [0.5, 0.6) is 5.75 Å². The average Bonchev–Trinajstić information content (AvgIpc) is 3.52. The summed E-state index contributed by atoms with van der Waals surface area (Å²) in [7, 11) is 0. The molecule has 4 nitrogen and oxygen atoms in total. The van der Waals surface area contributed by atoms with E-state index < -0.39 is 5.82 Å². The van der Waals surface area contributed by atoms with E-state index in [9.17, 15) is 9.18 Å². The van der Waals surface area contributed by atoms with Crippen molar-refractivity contribution in [1.82, 2.24) is 5.01 Å². The molecule has 31 heavy (non-hydrogen) atoms. The van der Waals surface area contributed by atoms with Gasteiger partial charge in [-0.1, -0.05) is 18.2 Å². The number of carbonyl (C=O) groups excluding carboxylic acids is 1. The number of hydrogen-bond donors (Lipinski definition) is 0. The molecule has 1 aromatic carbocycles. The Bertz CT molecular complexity index is 1120. The van der Waals surface area contributed by atoms with Crippen molar-refractivity contribution < 1.29 is 13.9 Å². The molecule has 0 radical (unpaired) electrons. The van der Waals surface area contributed by atoms with E-state index in [1.54, 1.807) is 39.8 Å². The highest BCUT2D eigenvalue weighted by atomic mass is 32.1. The van der Waals surface area contributed by atoms with E-state index in [1.807, 2.05) is 17.5 Å². The van der Waals surface area contributed by atoms with Crippen molar-refractivity contribution in [2.45, 2.75) is 25.3 Å². The van der Waals surface area contributed by atoms with Crippen molar-refractivity contribution in [1.29, 1.82) is 0 Å². The first-order valence-electron chi connectivity index (χ1n) is 10.3. The standard InChI is InChI=1S/C24H21FN2O2S2/c25-17-6-2-7-18(14-17)29-15-22(28)27-24(21-10-4-12-31-21)20-9-1-5-16(23(20)26-27)13-19-8-3-11-30-19/h2-4,6-8,10-14,20,24H,1,5,9,15H2/b16-13+. The molecule has 2 unspecified atom stereocenters. The highest BCUT2D eigenvalue weighted by molar-refractivity contribution is 7.11. The van der Waals surface area contributed by atoms with Gasteiger partial charge in [0.2, 0.25) is 0 Å². The van der Waals surface area contributed by atoms with E-state index in [0.717, 1.165) is 29.9 Å². The van der Waals surface area contributed by atoms with Gasteiger partial charge in [0, 0.05) is 21.7 Å². The van der Waals surface area contributed by atoms with Gasteiger partial charge in [-0.2, -0.15) is 5.10 Å². The summed E-state index contributed by atoms with van der Waals surface area (Å²) in [4.78, 5) is 15.5. The lowest BCUT2D eigenvalue weighted by molar-refractivity contribution is -0.135. The van der Waals surface area contributed by atoms with Crippen molar-refractivity contribution >= 4 is 40.4 Å². The van der Waals surface area contributed by atoms with Gasteiger partial charge in [-0.25, -0.2) is 9.40 Å². The van der Waals surface area contributed by atoms with Gasteiger partial charge in [0.1, 0.15) is 11.6 Å². The summed E-state index contributed by atoms with van der Waals surface area (Å²) >= 11 is 3.35. The fourth-order valence-corrected chi connectivity index (χ4v) is 5.81. The number of nitrogens with zero attached hydrogens (tertiary/aromatic N) is 2. The monoisotopic (exact) mass is 452 g/mol. The lowest BCUT2D eigenvalue weighted by Gasteiger charge is -2.28. The molecule has 0 spiro atoms. The molecule has 5 rings (SSSR count). The van der Waals surface area contributed by atoms with Crippen LogP contribution in [0.4, 0.5) is 4.39 Å². The lowest BCUT2D eigenvalue weighted by atomic mass is 9.79. The van der Waals surface area contributed by atoms with Crippen LogP contribution in [0.25, 0.3) is 6.08 Å². The Morgan fingerprint density at radius 3 is 2.84 bits per heavy atom. The summed E-state index contributed by atoms with van der Waals surface area (Å²) in [5.74, 6) is -0.0995. The second-order valence-corrected chi connectivity index (χ2v) is 9.57. The first kappa shape index (κ1) is 20.2. The maximum Gasteiger partial charge on any atom is 0.281 e. The summed E-state index contributed by atoms with van der Waals surface area (Å²) in [5, 5.41) is 10.5. The fraction of sp³-hybridized carbons (Fsp3) is 0.250. The number of amides is 1. The Balaban J connectivity index is 1.43. The number of benzene rings is 1. The summed E-state index contributed by atoms with van der Waals surface area (Å²) < 4.78 is 19.0. The average molecular weight is 453 g/mol. The number of fused-ring (bicyclic) bond motifs is 1. The van der Waals surface area contributed by atoms with Crippen LogP contribution in [0.2, 0.25) is 0 Å². The summed E-state index contributed by atoms with van der Waals surface area (Å²) in [6.45, 7) is -0.182. The van der Waals surface area contributed by atoms with E-state index in [1.165, 1.54) is 22.6 Å². The van der Waals surface area contributed by atoms with Gasteiger partial charge in [-0.3, -0.25) is 4.79 Å². The predicted molar refractivity (Wildman–Crippen MR) is 123 cm³/mol. The zero-order valence-corrected chi connectivity index (χ0v) is 18.4. The molecule has 158 valence electrons. The molecule has 3 aromatic rings. The first-order valence-corrected chi connectivity index (χ1v) is 12.0. The number of allylic oxidation sites excluding steroid dienone is 1. The van der Waals surface area contributed by atoms with Crippen molar-refractivity contribution in [3.8, 4) is 5.75 Å². The fourth-order valence-electron chi connectivity index (χ4n) is 4.26. The Morgan fingerprint density at radius 2 is 2.06 bits per heavy atom. The van der Waals surface area contributed by atoms with E-state index >= 15 is 0 Å². The van der Waals surface area contributed by atoms with Gasteiger partial charge < -0.3 is 4.74 Å². The second-order valence-electron chi connectivity index (χ2n) is 7.61. The third-order valence-corrected chi connectivity index (χ3v) is 7.37. The third-order valence-electron chi connectivity index (χ3n) is 5.61. The minimum absolute atomic E-state index is 0.120. The van der Waals surface area contributed by atoms with Crippen LogP contribution in [0.3, 0.4) is 0 Å². The number of carbonyl (C=O) groups is 1. The normalized spacial score (nSPS) is 21.8. The quantitative estimate of drug-likeness (QED) is 0.466. The molecule has 0 N–H and O–H groups in total. The van der Waals surface area contributed by atoms with Gasteiger partial charge in [0.15, 0.2) is 6.61 Å². The van der Waals surface area contributed by atoms with Gasteiger partial charge in [-0.15, -0.1) is 22.7 Å². The number of halogens is 1. The van der Waals surface area contributed by atoms with Crippen LogP contribution in [0.15, 0.2) is 70.0 Å². The van der Waals surface area contributed by atoms with E-state index in [4.69, 9.17) is 9.84 Å². The molecule has 2 aliphatic rings. The number of hydrazone groups is 1. The maximum absolute atomic E-state index is 13.4. The van der Waals surface area contributed by atoms with Gasteiger partial charge >= 0.3 is 0 Å². The van der Waals surface area contributed by atoms with Gasteiger partial charge in [0.25, 0.3) is 5.91 Å². The zero-order chi connectivity index (χ0) is 21.2. The molecule has 2 atom stereocenters. The van der Waals surface area contributed by atoms with Crippen LogP contribution < -0.4 is 4.74 Å². The lowest BCUT2D eigenvalue weighted by Crippen LogP contribution is -2.34. The SMILES string of the molecule is O=C(COc1cccc(F)c1)N1N=C2/C(=C/c3cccs3)CCCC2C1c1cccs1. The van der Waals surface area contributed by atoms with Crippen LogP contribution in [-0.2, 0) is 4.79 Å². The van der Waals surface area contributed by atoms with Gasteiger partial charge in [0.05, 0.1) is 11.8 Å². The molecule has 0 bridgehead atoms. The largest absolute Gasteiger partial charge is 0.484 e. The van der Waals surface area contributed by atoms with Crippen LogP contribution >= 0.6 is 22.7 Å².